The topological polar surface area (TPSA) is 80.2 Å². The number of ether oxygens (including phenoxy) is 1. The number of aryl methyl sites for hydroxylation is 1. The second-order valence-corrected chi connectivity index (χ2v) is 7.43. The zero-order valence-electron chi connectivity index (χ0n) is 17.2. The number of aromatic nitrogens is 3. The summed E-state index contributed by atoms with van der Waals surface area (Å²) < 4.78 is 5.22. The van der Waals surface area contributed by atoms with E-state index in [1.54, 1.807) is 13.4 Å². The average Bonchev–Trinajstić information content (AvgIpc) is 2.79. The minimum atomic E-state index is -0.111. The van der Waals surface area contributed by atoms with Gasteiger partial charge in [-0.1, -0.05) is 6.07 Å². The number of carbonyl (C=O) groups is 1. The van der Waals surface area contributed by atoms with E-state index >= 15 is 0 Å². The molecule has 1 aliphatic heterocycles. The first-order chi connectivity index (χ1) is 14.6. The van der Waals surface area contributed by atoms with Crippen LogP contribution >= 0.6 is 0 Å². The zero-order chi connectivity index (χ0) is 20.9. The van der Waals surface area contributed by atoms with Crippen LogP contribution in [-0.4, -0.2) is 41.1 Å². The molecule has 30 heavy (non-hydrogen) atoms. The van der Waals surface area contributed by atoms with E-state index in [0.29, 0.717) is 12.4 Å². The van der Waals surface area contributed by atoms with Gasteiger partial charge in [0.05, 0.1) is 18.7 Å². The molecular weight excluding hydrogens is 378 g/mol. The zero-order valence-corrected chi connectivity index (χ0v) is 17.2. The SMILES string of the molecule is COc1ccc(-c2cc(N3CCCC(C(=O)Nc4cccc(C)n4)C3)ncn2)cc1. The van der Waals surface area contributed by atoms with Gasteiger partial charge in [0.2, 0.25) is 5.91 Å². The number of pyridine rings is 1. The molecule has 0 radical (unpaired) electrons. The first-order valence-corrected chi connectivity index (χ1v) is 10.1. The number of nitrogens with one attached hydrogen (secondary N) is 1. The molecule has 154 valence electrons. The van der Waals surface area contributed by atoms with Gasteiger partial charge in [-0.05, 0) is 56.2 Å². The summed E-state index contributed by atoms with van der Waals surface area (Å²) in [6.07, 6.45) is 3.36. The molecule has 0 spiro atoms. The van der Waals surface area contributed by atoms with Gasteiger partial charge in [0.1, 0.15) is 23.7 Å². The van der Waals surface area contributed by atoms with Crippen LogP contribution in [0.25, 0.3) is 11.3 Å². The third-order valence-electron chi connectivity index (χ3n) is 5.29. The van der Waals surface area contributed by atoms with Crippen molar-refractivity contribution in [3.8, 4) is 17.0 Å². The van der Waals surface area contributed by atoms with E-state index in [1.165, 1.54) is 0 Å². The lowest BCUT2D eigenvalue weighted by Gasteiger charge is -2.32. The van der Waals surface area contributed by atoms with Crippen molar-refractivity contribution in [2.24, 2.45) is 5.92 Å². The summed E-state index contributed by atoms with van der Waals surface area (Å²) in [4.78, 5) is 28.2. The maximum Gasteiger partial charge on any atom is 0.230 e. The number of hydrogen-bond donors (Lipinski definition) is 1. The second-order valence-electron chi connectivity index (χ2n) is 7.43. The van der Waals surface area contributed by atoms with E-state index in [2.05, 4.69) is 25.2 Å². The normalized spacial score (nSPS) is 16.2. The maximum atomic E-state index is 12.8. The second kappa shape index (κ2) is 8.90. The van der Waals surface area contributed by atoms with Crippen molar-refractivity contribution in [3.05, 3.63) is 60.6 Å². The summed E-state index contributed by atoms with van der Waals surface area (Å²) >= 11 is 0. The Labute approximate surface area is 176 Å². The number of methoxy groups -OCH3 is 1. The number of benzene rings is 1. The molecule has 0 bridgehead atoms. The van der Waals surface area contributed by atoms with Crippen molar-refractivity contribution >= 4 is 17.5 Å². The molecule has 1 aliphatic rings. The van der Waals surface area contributed by atoms with Crippen molar-refractivity contribution in [1.82, 2.24) is 15.0 Å². The van der Waals surface area contributed by atoms with Gasteiger partial charge in [-0.15, -0.1) is 0 Å². The van der Waals surface area contributed by atoms with E-state index in [-0.39, 0.29) is 11.8 Å². The summed E-state index contributed by atoms with van der Waals surface area (Å²) in [5.74, 6) is 2.13. The fourth-order valence-electron chi connectivity index (χ4n) is 3.68. The number of hydrogen-bond acceptors (Lipinski definition) is 6. The number of amides is 1. The minimum Gasteiger partial charge on any atom is -0.497 e. The highest BCUT2D eigenvalue weighted by atomic mass is 16.5. The lowest BCUT2D eigenvalue weighted by atomic mass is 9.97. The molecule has 4 rings (SSSR count). The quantitative estimate of drug-likeness (QED) is 0.700. The van der Waals surface area contributed by atoms with Crippen LogP contribution < -0.4 is 15.0 Å². The van der Waals surface area contributed by atoms with Gasteiger partial charge >= 0.3 is 0 Å². The maximum absolute atomic E-state index is 12.8. The van der Waals surface area contributed by atoms with Gasteiger partial charge in [-0.3, -0.25) is 4.79 Å². The molecule has 1 atom stereocenters. The molecule has 1 fully saturated rings. The van der Waals surface area contributed by atoms with Gasteiger partial charge in [0.25, 0.3) is 0 Å². The summed E-state index contributed by atoms with van der Waals surface area (Å²) in [5.41, 5.74) is 2.72. The molecule has 2 aromatic heterocycles. The first-order valence-electron chi connectivity index (χ1n) is 10.1. The molecule has 1 unspecified atom stereocenters. The van der Waals surface area contributed by atoms with E-state index < -0.39 is 0 Å². The smallest absolute Gasteiger partial charge is 0.230 e. The van der Waals surface area contributed by atoms with Gasteiger partial charge < -0.3 is 15.0 Å². The van der Waals surface area contributed by atoms with Gasteiger partial charge in [-0.2, -0.15) is 0 Å². The molecule has 0 aliphatic carbocycles. The molecule has 7 heteroatoms. The first kappa shape index (κ1) is 19.8. The number of rotatable bonds is 5. The number of nitrogens with zero attached hydrogens (tertiary/aromatic N) is 4. The highest BCUT2D eigenvalue weighted by Crippen LogP contribution is 2.26. The van der Waals surface area contributed by atoms with Crippen LogP contribution in [0.15, 0.2) is 54.9 Å². The highest BCUT2D eigenvalue weighted by Gasteiger charge is 2.27. The summed E-state index contributed by atoms with van der Waals surface area (Å²) in [6, 6.07) is 15.4. The summed E-state index contributed by atoms with van der Waals surface area (Å²) in [6.45, 7) is 3.40. The Kier molecular flexibility index (Phi) is 5.88. The Hall–Kier alpha value is -3.48. The van der Waals surface area contributed by atoms with E-state index in [0.717, 1.165) is 47.9 Å². The van der Waals surface area contributed by atoms with Crippen LogP contribution in [0.4, 0.5) is 11.6 Å². The number of carbonyl (C=O) groups excluding carboxylic acids is 1. The number of piperidine rings is 1. The molecule has 3 aromatic rings. The van der Waals surface area contributed by atoms with E-state index in [4.69, 9.17) is 4.74 Å². The van der Waals surface area contributed by atoms with E-state index in [1.807, 2.05) is 55.5 Å². The van der Waals surface area contributed by atoms with Gasteiger partial charge in [-0.25, -0.2) is 15.0 Å². The Morgan fingerprint density at radius 3 is 2.77 bits per heavy atom. The monoisotopic (exact) mass is 403 g/mol. The van der Waals surface area contributed by atoms with Crippen LogP contribution in [0.1, 0.15) is 18.5 Å². The average molecular weight is 403 g/mol. The Balaban J connectivity index is 1.47. The van der Waals surface area contributed by atoms with Crippen LogP contribution in [0.3, 0.4) is 0 Å². The highest BCUT2D eigenvalue weighted by molar-refractivity contribution is 5.92. The predicted octanol–water partition coefficient (Wildman–Crippen LogP) is 3.71. The molecule has 3 heterocycles. The lowest BCUT2D eigenvalue weighted by molar-refractivity contribution is -0.120. The lowest BCUT2D eigenvalue weighted by Crippen LogP contribution is -2.41. The Morgan fingerprint density at radius 1 is 1.17 bits per heavy atom. The van der Waals surface area contributed by atoms with E-state index in [9.17, 15) is 4.79 Å². The fourth-order valence-corrected chi connectivity index (χ4v) is 3.68. The molecule has 1 amide bonds. The minimum absolute atomic E-state index is 0.00207. The van der Waals surface area contributed by atoms with Gasteiger partial charge in [0, 0.05) is 30.4 Å². The largest absolute Gasteiger partial charge is 0.497 e. The molecule has 1 saturated heterocycles. The molecular formula is C23H25N5O2. The van der Waals surface area contributed by atoms with Crippen molar-refractivity contribution in [2.45, 2.75) is 19.8 Å². The van der Waals surface area contributed by atoms with Crippen LogP contribution in [0.5, 0.6) is 5.75 Å². The van der Waals surface area contributed by atoms with Crippen LogP contribution in [0.2, 0.25) is 0 Å². The summed E-state index contributed by atoms with van der Waals surface area (Å²) in [5, 5.41) is 2.95. The third-order valence-corrected chi connectivity index (χ3v) is 5.29. The molecule has 0 saturated carbocycles. The number of anilines is 2. The summed E-state index contributed by atoms with van der Waals surface area (Å²) in [7, 11) is 1.65. The molecule has 1 aromatic carbocycles. The van der Waals surface area contributed by atoms with Crippen LogP contribution in [-0.2, 0) is 4.79 Å². The van der Waals surface area contributed by atoms with Gasteiger partial charge in [0.15, 0.2) is 0 Å². The molecule has 7 nitrogen and oxygen atoms in total. The van der Waals surface area contributed by atoms with Crippen molar-refractivity contribution in [1.29, 1.82) is 0 Å². The standard InChI is InChI=1S/C23H25N5O2/c1-16-5-3-7-21(26-16)27-23(29)18-6-4-12-28(14-18)22-13-20(24-15-25-22)17-8-10-19(30-2)11-9-17/h3,5,7-11,13,15,18H,4,6,12,14H2,1-2H3,(H,26,27,29). The Morgan fingerprint density at radius 2 is 2.00 bits per heavy atom. The fraction of sp³-hybridized carbons (Fsp3) is 0.304. The third kappa shape index (κ3) is 4.56. The van der Waals surface area contributed by atoms with Crippen molar-refractivity contribution in [2.75, 3.05) is 30.4 Å². The predicted molar refractivity (Wildman–Crippen MR) is 117 cm³/mol. The van der Waals surface area contributed by atoms with Crippen molar-refractivity contribution in [3.63, 3.8) is 0 Å². The van der Waals surface area contributed by atoms with Crippen LogP contribution in [0, 0.1) is 12.8 Å². The van der Waals surface area contributed by atoms with Crippen molar-refractivity contribution < 1.29 is 9.53 Å². The Bertz CT molecular complexity index is 1020. The molecule has 1 N–H and O–H groups in total.